The Bertz CT molecular complexity index is 478. The molecule has 4 nitrogen and oxygen atoms in total. The summed E-state index contributed by atoms with van der Waals surface area (Å²) in [5.74, 6) is -0.0273. The summed E-state index contributed by atoms with van der Waals surface area (Å²) >= 11 is 3.43. The summed E-state index contributed by atoms with van der Waals surface area (Å²) in [5, 5.41) is 9.20. The summed E-state index contributed by atoms with van der Waals surface area (Å²) in [6.45, 7) is 4.81. The van der Waals surface area contributed by atoms with E-state index in [4.69, 9.17) is 4.74 Å². The number of nitrogens with zero attached hydrogens (tertiary/aromatic N) is 1. The van der Waals surface area contributed by atoms with Gasteiger partial charge >= 0.3 is 0 Å². The van der Waals surface area contributed by atoms with Crippen LogP contribution >= 0.6 is 15.9 Å². The fraction of sp³-hybridized carbons (Fsp3) is 0.500. The number of carbonyl (C=O) groups is 1. The average molecular weight is 328 g/mol. The Morgan fingerprint density at radius 3 is 2.89 bits per heavy atom. The van der Waals surface area contributed by atoms with Gasteiger partial charge in [0.05, 0.1) is 24.4 Å². The van der Waals surface area contributed by atoms with Crippen molar-refractivity contribution in [3.8, 4) is 0 Å². The summed E-state index contributed by atoms with van der Waals surface area (Å²) in [7, 11) is 0. The first-order valence-corrected chi connectivity index (χ1v) is 7.12. The van der Waals surface area contributed by atoms with Crippen LogP contribution in [-0.2, 0) is 4.74 Å². The normalized spacial score (nSPS) is 23.5. The van der Waals surface area contributed by atoms with Gasteiger partial charge in [-0.3, -0.25) is 4.79 Å². The number of rotatable bonds is 2. The van der Waals surface area contributed by atoms with E-state index in [0.717, 1.165) is 10.0 Å². The SMILES string of the molecule is Cc1ccc(C(=O)N2CC(C)OC(CO)C2)c(Br)c1. The standard InChI is InChI=1S/C14H18BrNO3/c1-9-3-4-12(13(15)5-9)14(18)16-6-10(2)19-11(7-16)8-17/h3-5,10-11,17H,6-8H2,1-2H3. The third-order valence-electron chi connectivity index (χ3n) is 3.17. The molecule has 1 aromatic carbocycles. The highest BCUT2D eigenvalue weighted by Crippen LogP contribution is 2.22. The molecule has 0 aromatic heterocycles. The number of carbonyl (C=O) groups excluding carboxylic acids is 1. The van der Waals surface area contributed by atoms with Gasteiger partial charge in [-0.25, -0.2) is 0 Å². The van der Waals surface area contributed by atoms with Gasteiger partial charge in [0.25, 0.3) is 5.91 Å². The zero-order valence-electron chi connectivity index (χ0n) is 11.1. The predicted octanol–water partition coefficient (Wildman–Crippen LogP) is 1.98. The van der Waals surface area contributed by atoms with Gasteiger partial charge in [-0.1, -0.05) is 6.07 Å². The number of hydrogen-bond acceptors (Lipinski definition) is 3. The molecule has 0 spiro atoms. The van der Waals surface area contributed by atoms with Crippen LogP contribution in [0.3, 0.4) is 0 Å². The number of halogens is 1. The molecule has 0 bridgehead atoms. The highest BCUT2D eigenvalue weighted by atomic mass is 79.9. The smallest absolute Gasteiger partial charge is 0.255 e. The molecule has 0 aliphatic carbocycles. The molecule has 1 saturated heterocycles. The van der Waals surface area contributed by atoms with Gasteiger partial charge < -0.3 is 14.7 Å². The molecular weight excluding hydrogens is 310 g/mol. The highest BCUT2D eigenvalue weighted by Gasteiger charge is 2.29. The first kappa shape index (κ1) is 14.5. The van der Waals surface area contributed by atoms with Crippen LogP contribution in [0, 0.1) is 6.92 Å². The number of aliphatic hydroxyl groups is 1. The van der Waals surface area contributed by atoms with E-state index in [2.05, 4.69) is 15.9 Å². The average Bonchev–Trinajstić information content (AvgIpc) is 2.37. The second-order valence-electron chi connectivity index (χ2n) is 4.94. The molecule has 2 rings (SSSR count). The van der Waals surface area contributed by atoms with Gasteiger partial charge in [-0.05, 0) is 47.5 Å². The fourth-order valence-corrected chi connectivity index (χ4v) is 2.94. The maximum Gasteiger partial charge on any atom is 0.255 e. The van der Waals surface area contributed by atoms with E-state index in [1.54, 1.807) is 4.90 Å². The second kappa shape index (κ2) is 6.03. The lowest BCUT2D eigenvalue weighted by Crippen LogP contribution is -2.50. The van der Waals surface area contributed by atoms with Gasteiger partial charge in [-0.2, -0.15) is 0 Å². The van der Waals surface area contributed by atoms with Crippen molar-refractivity contribution >= 4 is 21.8 Å². The molecule has 1 aliphatic rings. The van der Waals surface area contributed by atoms with Crippen molar-refractivity contribution in [3.05, 3.63) is 33.8 Å². The molecule has 0 saturated carbocycles. The van der Waals surface area contributed by atoms with Crippen LogP contribution in [0.1, 0.15) is 22.8 Å². The molecule has 2 atom stereocenters. The molecule has 1 N–H and O–H groups in total. The zero-order valence-corrected chi connectivity index (χ0v) is 12.7. The van der Waals surface area contributed by atoms with Crippen molar-refractivity contribution in [1.29, 1.82) is 0 Å². The minimum absolute atomic E-state index is 0.0273. The topological polar surface area (TPSA) is 49.8 Å². The van der Waals surface area contributed by atoms with Crippen molar-refractivity contribution in [3.63, 3.8) is 0 Å². The molecule has 1 heterocycles. The monoisotopic (exact) mass is 327 g/mol. The number of morpholine rings is 1. The lowest BCUT2D eigenvalue weighted by atomic mass is 10.1. The molecule has 1 aromatic rings. The Morgan fingerprint density at radius 1 is 1.53 bits per heavy atom. The molecule has 1 amide bonds. The minimum Gasteiger partial charge on any atom is -0.394 e. The number of benzene rings is 1. The molecule has 1 aliphatic heterocycles. The summed E-state index contributed by atoms with van der Waals surface area (Å²) in [5.41, 5.74) is 1.75. The number of aliphatic hydroxyl groups excluding tert-OH is 1. The van der Waals surface area contributed by atoms with E-state index in [9.17, 15) is 9.90 Å². The zero-order chi connectivity index (χ0) is 14.0. The van der Waals surface area contributed by atoms with E-state index in [1.165, 1.54) is 0 Å². The van der Waals surface area contributed by atoms with Gasteiger partial charge in [0, 0.05) is 17.6 Å². The second-order valence-corrected chi connectivity index (χ2v) is 5.80. The van der Waals surface area contributed by atoms with Crippen molar-refractivity contribution < 1.29 is 14.6 Å². The van der Waals surface area contributed by atoms with Crippen molar-refractivity contribution in [2.45, 2.75) is 26.1 Å². The molecule has 1 fully saturated rings. The molecule has 104 valence electrons. The predicted molar refractivity (Wildman–Crippen MR) is 76.2 cm³/mol. The van der Waals surface area contributed by atoms with E-state index in [0.29, 0.717) is 18.7 Å². The maximum atomic E-state index is 12.5. The summed E-state index contributed by atoms with van der Waals surface area (Å²) in [6.07, 6.45) is -0.351. The van der Waals surface area contributed by atoms with Crippen molar-refractivity contribution in [2.24, 2.45) is 0 Å². The van der Waals surface area contributed by atoms with Crippen LogP contribution in [0.5, 0.6) is 0 Å². The lowest BCUT2D eigenvalue weighted by molar-refractivity contribution is -0.0858. The summed E-state index contributed by atoms with van der Waals surface area (Å²) in [4.78, 5) is 14.2. The molecule has 2 unspecified atom stereocenters. The van der Waals surface area contributed by atoms with Crippen molar-refractivity contribution in [2.75, 3.05) is 19.7 Å². The van der Waals surface area contributed by atoms with Crippen LogP contribution in [0.15, 0.2) is 22.7 Å². The van der Waals surface area contributed by atoms with Crippen LogP contribution in [-0.4, -0.2) is 47.8 Å². The fourth-order valence-electron chi connectivity index (χ4n) is 2.28. The van der Waals surface area contributed by atoms with Gasteiger partial charge in [0.2, 0.25) is 0 Å². The van der Waals surface area contributed by atoms with Crippen molar-refractivity contribution in [1.82, 2.24) is 4.90 Å². The summed E-state index contributed by atoms with van der Waals surface area (Å²) < 4.78 is 6.35. The third-order valence-corrected chi connectivity index (χ3v) is 3.83. The largest absolute Gasteiger partial charge is 0.394 e. The van der Waals surface area contributed by atoms with E-state index >= 15 is 0 Å². The van der Waals surface area contributed by atoms with Gasteiger partial charge in [0.1, 0.15) is 0 Å². The first-order valence-electron chi connectivity index (χ1n) is 6.33. The van der Waals surface area contributed by atoms with E-state index < -0.39 is 0 Å². The Hall–Kier alpha value is -0.910. The first-order chi connectivity index (χ1) is 9.01. The molecular formula is C14H18BrNO3. The highest BCUT2D eigenvalue weighted by molar-refractivity contribution is 9.10. The molecule has 5 heteroatoms. The summed E-state index contributed by atoms with van der Waals surface area (Å²) in [6, 6.07) is 5.68. The van der Waals surface area contributed by atoms with Crippen LogP contribution in [0.25, 0.3) is 0 Å². The lowest BCUT2D eigenvalue weighted by Gasteiger charge is -2.36. The molecule has 0 radical (unpaired) electrons. The van der Waals surface area contributed by atoms with Crippen LogP contribution in [0.2, 0.25) is 0 Å². The number of amides is 1. The van der Waals surface area contributed by atoms with Gasteiger partial charge in [0.15, 0.2) is 0 Å². The van der Waals surface area contributed by atoms with E-state index in [1.807, 2.05) is 32.0 Å². The third kappa shape index (κ3) is 3.35. The Kier molecular flexibility index (Phi) is 4.60. The van der Waals surface area contributed by atoms with Crippen LogP contribution in [0.4, 0.5) is 0 Å². The number of ether oxygens (including phenoxy) is 1. The molecule has 19 heavy (non-hydrogen) atoms. The Labute approximate surface area is 121 Å². The Balaban J connectivity index is 2.18. The minimum atomic E-state index is -0.295. The van der Waals surface area contributed by atoms with Gasteiger partial charge in [-0.15, -0.1) is 0 Å². The maximum absolute atomic E-state index is 12.5. The van der Waals surface area contributed by atoms with Crippen LogP contribution < -0.4 is 0 Å². The van der Waals surface area contributed by atoms with E-state index in [-0.39, 0.29) is 24.7 Å². The Morgan fingerprint density at radius 2 is 2.26 bits per heavy atom. The quantitative estimate of drug-likeness (QED) is 0.903. The number of aryl methyl sites for hydroxylation is 1. The number of hydrogen-bond donors (Lipinski definition) is 1.